The summed E-state index contributed by atoms with van der Waals surface area (Å²) in [5, 5.41) is 11.4. The standard InChI is InChI=1S/C31H34N2O5/c1-19(2)37-25-15-9-22(10-16-25)29(34)27-28(21-7-11-23(12-8-21)32(5)6)33(31(36)30(27)35)24-13-17-26(18-14-24)38-20(3)4/h7-20,28,34H,1-6H3/b29-27-. The highest BCUT2D eigenvalue weighted by Gasteiger charge is 2.47. The van der Waals surface area contributed by atoms with E-state index in [1.807, 2.05) is 71.0 Å². The van der Waals surface area contributed by atoms with Gasteiger partial charge in [0.2, 0.25) is 0 Å². The number of hydrogen-bond donors (Lipinski definition) is 1. The van der Waals surface area contributed by atoms with Crippen molar-refractivity contribution in [2.24, 2.45) is 0 Å². The van der Waals surface area contributed by atoms with E-state index < -0.39 is 17.7 Å². The minimum atomic E-state index is -0.810. The van der Waals surface area contributed by atoms with Gasteiger partial charge in [-0.25, -0.2) is 0 Å². The van der Waals surface area contributed by atoms with Crippen molar-refractivity contribution in [3.8, 4) is 11.5 Å². The molecule has 1 aliphatic rings. The molecule has 38 heavy (non-hydrogen) atoms. The molecule has 1 unspecified atom stereocenters. The van der Waals surface area contributed by atoms with Crippen LogP contribution in [0.3, 0.4) is 0 Å². The Hall–Kier alpha value is -4.26. The molecular formula is C31H34N2O5. The summed E-state index contributed by atoms with van der Waals surface area (Å²) in [6.45, 7) is 7.73. The van der Waals surface area contributed by atoms with Crippen molar-refractivity contribution in [2.45, 2.75) is 45.9 Å². The van der Waals surface area contributed by atoms with Crippen LogP contribution in [-0.2, 0) is 9.59 Å². The van der Waals surface area contributed by atoms with Crippen molar-refractivity contribution in [1.29, 1.82) is 0 Å². The van der Waals surface area contributed by atoms with Crippen LogP contribution < -0.4 is 19.3 Å². The summed E-state index contributed by atoms with van der Waals surface area (Å²) in [7, 11) is 3.88. The summed E-state index contributed by atoms with van der Waals surface area (Å²) in [5.74, 6) is -0.365. The summed E-state index contributed by atoms with van der Waals surface area (Å²) in [5.41, 5.74) is 2.67. The third kappa shape index (κ3) is 5.52. The lowest BCUT2D eigenvalue weighted by Crippen LogP contribution is -2.29. The van der Waals surface area contributed by atoms with Crippen molar-refractivity contribution in [3.05, 3.63) is 89.5 Å². The molecule has 0 bridgehead atoms. The molecule has 1 heterocycles. The van der Waals surface area contributed by atoms with Gasteiger partial charge in [0, 0.05) is 31.0 Å². The molecule has 4 rings (SSSR count). The topological polar surface area (TPSA) is 79.3 Å². The van der Waals surface area contributed by atoms with Gasteiger partial charge in [0.15, 0.2) is 0 Å². The largest absolute Gasteiger partial charge is 0.507 e. The monoisotopic (exact) mass is 514 g/mol. The molecule has 0 aliphatic carbocycles. The number of anilines is 2. The van der Waals surface area contributed by atoms with Crippen LogP contribution in [-0.4, -0.2) is 43.1 Å². The molecule has 0 aromatic heterocycles. The fourth-order valence-corrected chi connectivity index (χ4v) is 4.45. The predicted molar refractivity (Wildman–Crippen MR) is 150 cm³/mol. The minimum Gasteiger partial charge on any atom is -0.507 e. The maximum absolute atomic E-state index is 13.4. The predicted octanol–water partition coefficient (Wildman–Crippen LogP) is 5.95. The number of amides is 1. The van der Waals surface area contributed by atoms with E-state index in [9.17, 15) is 14.7 Å². The van der Waals surface area contributed by atoms with E-state index in [1.54, 1.807) is 48.5 Å². The molecule has 1 atom stereocenters. The van der Waals surface area contributed by atoms with Gasteiger partial charge < -0.3 is 19.5 Å². The number of carbonyl (C=O) groups excluding carboxylic acids is 2. The first kappa shape index (κ1) is 26.8. The van der Waals surface area contributed by atoms with E-state index in [1.165, 1.54) is 4.90 Å². The van der Waals surface area contributed by atoms with Gasteiger partial charge in [0.25, 0.3) is 11.7 Å². The van der Waals surface area contributed by atoms with E-state index in [0.29, 0.717) is 28.3 Å². The Balaban J connectivity index is 1.82. The van der Waals surface area contributed by atoms with Crippen molar-refractivity contribution < 1.29 is 24.2 Å². The van der Waals surface area contributed by atoms with Gasteiger partial charge in [-0.2, -0.15) is 0 Å². The smallest absolute Gasteiger partial charge is 0.300 e. The first-order valence-electron chi connectivity index (χ1n) is 12.7. The SMILES string of the molecule is CC(C)Oc1ccc(/C(O)=C2/C(=O)C(=O)N(c3ccc(OC(C)C)cc3)C2c2ccc(N(C)C)cc2)cc1. The second-order valence-electron chi connectivity index (χ2n) is 10.0. The number of Topliss-reactive ketones (excluding diaryl/α,β-unsaturated/α-hetero) is 1. The molecular weight excluding hydrogens is 480 g/mol. The van der Waals surface area contributed by atoms with Crippen LogP contribution in [0.25, 0.3) is 5.76 Å². The Morgan fingerprint density at radius 1 is 0.789 bits per heavy atom. The van der Waals surface area contributed by atoms with Gasteiger partial charge in [0.05, 0.1) is 23.8 Å². The average molecular weight is 515 g/mol. The van der Waals surface area contributed by atoms with Crippen LogP contribution in [0.4, 0.5) is 11.4 Å². The number of benzene rings is 3. The zero-order valence-electron chi connectivity index (χ0n) is 22.6. The van der Waals surface area contributed by atoms with Crippen molar-refractivity contribution >= 4 is 28.8 Å². The van der Waals surface area contributed by atoms with Gasteiger partial charge in [0.1, 0.15) is 17.3 Å². The zero-order valence-corrected chi connectivity index (χ0v) is 22.6. The average Bonchev–Trinajstić information content (AvgIpc) is 3.14. The van der Waals surface area contributed by atoms with Gasteiger partial charge in [-0.3, -0.25) is 14.5 Å². The Bertz CT molecular complexity index is 1320. The van der Waals surface area contributed by atoms with Crippen LogP contribution in [0.5, 0.6) is 11.5 Å². The second kappa shape index (κ2) is 11.0. The molecule has 1 saturated heterocycles. The summed E-state index contributed by atoms with van der Waals surface area (Å²) < 4.78 is 11.4. The third-order valence-electron chi connectivity index (χ3n) is 6.16. The Labute approximate surface area is 223 Å². The second-order valence-corrected chi connectivity index (χ2v) is 10.0. The normalized spacial score (nSPS) is 16.8. The molecule has 198 valence electrons. The maximum atomic E-state index is 13.4. The Morgan fingerprint density at radius 3 is 1.76 bits per heavy atom. The van der Waals surface area contributed by atoms with Crippen molar-refractivity contribution in [3.63, 3.8) is 0 Å². The van der Waals surface area contributed by atoms with E-state index in [2.05, 4.69) is 0 Å². The molecule has 1 amide bonds. The lowest BCUT2D eigenvalue weighted by Gasteiger charge is -2.26. The van der Waals surface area contributed by atoms with Crippen LogP contribution in [0.1, 0.15) is 44.9 Å². The highest BCUT2D eigenvalue weighted by atomic mass is 16.5. The van der Waals surface area contributed by atoms with Crippen molar-refractivity contribution in [2.75, 3.05) is 23.9 Å². The number of nitrogens with zero attached hydrogens (tertiary/aromatic N) is 2. The fourth-order valence-electron chi connectivity index (χ4n) is 4.45. The van der Waals surface area contributed by atoms with Gasteiger partial charge in [-0.1, -0.05) is 12.1 Å². The number of ketones is 1. The van der Waals surface area contributed by atoms with E-state index in [-0.39, 0.29) is 23.5 Å². The number of aliphatic hydroxyl groups excluding tert-OH is 1. The summed E-state index contributed by atoms with van der Waals surface area (Å²) in [4.78, 5) is 30.2. The van der Waals surface area contributed by atoms with Crippen LogP contribution in [0, 0.1) is 0 Å². The van der Waals surface area contributed by atoms with E-state index in [0.717, 1.165) is 5.69 Å². The molecule has 0 saturated carbocycles. The minimum absolute atomic E-state index is 0.00207. The number of aliphatic hydroxyl groups is 1. The highest BCUT2D eigenvalue weighted by Crippen LogP contribution is 2.43. The first-order valence-corrected chi connectivity index (χ1v) is 12.7. The quantitative estimate of drug-likeness (QED) is 0.227. The lowest BCUT2D eigenvalue weighted by molar-refractivity contribution is -0.132. The van der Waals surface area contributed by atoms with Crippen LogP contribution in [0.15, 0.2) is 78.4 Å². The molecule has 7 nitrogen and oxygen atoms in total. The molecule has 3 aromatic rings. The molecule has 1 fully saturated rings. The van der Waals surface area contributed by atoms with Gasteiger partial charge in [-0.05, 0) is 93.9 Å². The number of ether oxygens (including phenoxy) is 2. The molecule has 7 heteroatoms. The number of hydrogen-bond acceptors (Lipinski definition) is 6. The van der Waals surface area contributed by atoms with Crippen LogP contribution >= 0.6 is 0 Å². The van der Waals surface area contributed by atoms with E-state index in [4.69, 9.17) is 9.47 Å². The highest BCUT2D eigenvalue weighted by molar-refractivity contribution is 6.51. The Kier molecular flexibility index (Phi) is 7.76. The number of carbonyl (C=O) groups is 2. The van der Waals surface area contributed by atoms with E-state index >= 15 is 0 Å². The molecule has 1 N–H and O–H groups in total. The van der Waals surface area contributed by atoms with Crippen LogP contribution in [0.2, 0.25) is 0 Å². The molecule has 0 radical (unpaired) electrons. The Morgan fingerprint density at radius 2 is 1.29 bits per heavy atom. The zero-order chi connectivity index (χ0) is 27.6. The first-order chi connectivity index (χ1) is 18.1. The third-order valence-corrected chi connectivity index (χ3v) is 6.16. The fraction of sp³-hybridized carbons (Fsp3) is 0.290. The summed E-state index contributed by atoms with van der Waals surface area (Å²) >= 11 is 0. The summed E-state index contributed by atoms with van der Waals surface area (Å²) in [6, 6.07) is 20.7. The van der Waals surface area contributed by atoms with Crippen molar-refractivity contribution in [1.82, 2.24) is 0 Å². The molecule has 0 spiro atoms. The molecule has 3 aromatic carbocycles. The lowest BCUT2D eigenvalue weighted by atomic mass is 9.95. The summed E-state index contributed by atoms with van der Waals surface area (Å²) in [6.07, 6.45) is 0.00449. The van der Waals surface area contributed by atoms with Gasteiger partial charge in [-0.15, -0.1) is 0 Å². The molecule has 1 aliphatic heterocycles. The number of rotatable bonds is 8. The maximum Gasteiger partial charge on any atom is 0.300 e. The van der Waals surface area contributed by atoms with Gasteiger partial charge >= 0.3 is 0 Å².